The minimum Gasteiger partial charge on any atom is -0.481 e. The number of hydrogen-bond acceptors (Lipinski definition) is 2. The van der Waals surface area contributed by atoms with Crippen LogP contribution in [0.25, 0.3) is 0 Å². The van der Waals surface area contributed by atoms with Gasteiger partial charge in [-0.3, -0.25) is 9.59 Å². The Bertz CT molecular complexity index is 546. The maximum atomic E-state index is 12.3. The number of hydrogen-bond donors (Lipinski definition) is 1. The third-order valence-corrected chi connectivity index (χ3v) is 4.50. The Morgan fingerprint density at radius 3 is 2.76 bits per heavy atom. The number of rotatable bonds is 4. The van der Waals surface area contributed by atoms with Gasteiger partial charge < -0.3 is 10.0 Å². The van der Waals surface area contributed by atoms with Gasteiger partial charge in [0, 0.05) is 24.5 Å². The van der Waals surface area contributed by atoms with Gasteiger partial charge >= 0.3 is 5.97 Å². The molecule has 1 atom stereocenters. The molecule has 0 saturated carbocycles. The number of benzene rings is 1. The van der Waals surface area contributed by atoms with Gasteiger partial charge in [-0.2, -0.15) is 0 Å². The minimum atomic E-state index is -0.828. The summed E-state index contributed by atoms with van der Waals surface area (Å²) in [6.07, 6.45) is 2.30. The standard InChI is InChI=1S/C16H20ClNO3/c1-16(15(20)21)9-4-10-18(11-16)14(19)8-7-12-5-2-3-6-13(12)17/h2-3,5-6H,4,7-11H2,1H3,(H,20,21). The lowest BCUT2D eigenvalue weighted by molar-refractivity contribution is -0.153. The second kappa shape index (κ2) is 6.48. The monoisotopic (exact) mass is 309 g/mol. The van der Waals surface area contributed by atoms with Crippen LogP contribution in [-0.2, 0) is 16.0 Å². The Kier molecular flexibility index (Phi) is 4.88. The van der Waals surface area contributed by atoms with E-state index in [1.807, 2.05) is 24.3 Å². The fourth-order valence-electron chi connectivity index (χ4n) is 2.73. The van der Waals surface area contributed by atoms with E-state index in [0.717, 1.165) is 12.0 Å². The molecule has 4 nitrogen and oxygen atoms in total. The number of carbonyl (C=O) groups is 2. The number of amides is 1. The zero-order valence-corrected chi connectivity index (χ0v) is 12.9. The summed E-state index contributed by atoms with van der Waals surface area (Å²) < 4.78 is 0. The third kappa shape index (κ3) is 3.76. The summed E-state index contributed by atoms with van der Waals surface area (Å²) in [5, 5.41) is 9.95. The SMILES string of the molecule is CC1(C(=O)O)CCCN(C(=O)CCc2ccccc2Cl)C1. The Labute approximate surface area is 129 Å². The lowest BCUT2D eigenvalue weighted by Crippen LogP contribution is -2.48. The molecule has 1 fully saturated rings. The molecule has 1 aromatic carbocycles. The summed E-state index contributed by atoms with van der Waals surface area (Å²) in [5.74, 6) is -0.826. The van der Waals surface area contributed by atoms with Crippen molar-refractivity contribution >= 4 is 23.5 Å². The summed E-state index contributed by atoms with van der Waals surface area (Å²) in [4.78, 5) is 25.3. The fourth-order valence-corrected chi connectivity index (χ4v) is 2.96. The highest BCUT2D eigenvalue weighted by Gasteiger charge is 2.39. The fraction of sp³-hybridized carbons (Fsp3) is 0.500. The molecule has 114 valence electrons. The Morgan fingerprint density at radius 2 is 2.10 bits per heavy atom. The summed E-state index contributed by atoms with van der Waals surface area (Å²) >= 11 is 6.08. The van der Waals surface area contributed by atoms with Gasteiger partial charge in [0.25, 0.3) is 0 Å². The van der Waals surface area contributed by atoms with Crippen LogP contribution in [0.5, 0.6) is 0 Å². The Hall–Kier alpha value is -1.55. The highest BCUT2D eigenvalue weighted by molar-refractivity contribution is 6.31. The van der Waals surface area contributed by atoms with Gasteiger partial charge in [0.15, 0.2) is 0 Å². The van der Waals surface area contributed by atoms with Crippen molar-refractivity contribution in [1.29, 1.82) is 0 Å². The van der Waals surface area contributed by atoms with Gasteiger partial charge in [-0.05, 0) is 37.8 Å². The largest absolute Gasteiger partial charge is 0.481 e. The first kappa shape index (κ1) is 15.8. The molecule has 0 aromatic heterocycles. The number of halogens is 1. The summed E-state index contributed by atoms with van der Waals surface area (Å²) in [5.41, 5.74) is 0.128. The molecule has 21 heavy (non-hydrogen) atoms. The van der Waals surface area contributed by atoms with Crippen molar-refractivity contribution in [2.24, 2.45) is 5.41 Å². The first-order valence-corrected chi connectivity index (χ1v) is 7.55. The summed E-state index contributed by atoms with van der Waals surface area (Å²) in [6, 6.07) is 7.47. The average molecular weight is 310 g/mol. The van der Waals surface area contributed by atoms with Crippen molar-refractivity contribution in [2.75, 3.05) is 13.1 Å². The van der Waals surface area contributed by atoms with Gasteiger partial charge in [0.2, 0.25) is 5.91 Å². The molecule has 0 bridgehead atoms. The van der Waals surface area contributed by atoms with Gasteiger partial charge in [0.1, 0.15) is 0 Å². The van der Waals surface area contributed by atoms with Crippen molar-refractivity contribution in [1.82, 2.24) is 4.90 Å². The second-order valence-corrected chi connectivity index (χ2v) is 6.28. The zero-order chi connectivity index (χ0) is 15.5. The topological polar surface area (TPSA) is 57.6 Å². The highest BCUT2D eigenvalue weighted by atomic mass is 35.5. The first-order chi connectivity index (χ1) is 9.92. The number of aliphatic carboxylic acids is 1. The van der Waals surface area contributed by atoms with Crippen LogP contribution in [-0.4, -0.2) is 35.0 Å². The van der Waals surface area contributed by atoms with Crippen LogP contribution >= 0.6 is 11.6 Å². The average Bonchev–Trinajstić information content (AvgIpc) is 2.46. The maximum absolute atomic E-state index is 12.3. The normalized spacial score (nSPS) is 22.1. The van der Waals surface area contributed by atoms with Crippen molar-refractivity contribution < 1.29 is 14.7 Å². The zero-order valence-electron chi connectivity index (χ0n) is 12.1. The van der Waals surface area contributed by atoms with E-state index in [1.54, 1.807) is 11.8 Å². The smallest absolute Gasteiger partial charge is 0.311 e. The minimum absolute atomic E-state index is 0.00194. The number of carboxylic acids is 1. The molecule has 1 aliphatic rings. The van der Waals surface area contributed by atoms with Crippen molar-refractivity contribution in [3.63, 3.8) is 0 Å². The van der Waals surface area contributed by atoms with E-state index in [4.69, 9.17) is 11.6 Å². The van der Waals surface area contributed by atoms with E-state index in [0.29, 0.717) is 37.4 Å². The molecule has 1 aliphatic heterocycles. The Morgan fingerprint density at radius 1 is 1.38 bits per heavy atom. The second-order valence-electron chi connectivity index (χ2n) is 5.88. The van der Waals surface area contributed by atoms with Gasteiger partial charge in [-0.25, -0.2) is 0 Å². The van der Waals surface area contributed by atoms with E-state index >= 15 is 0 Å². The molecule has 1 N–H and O–H groups in total. The predicted octanol–water partition coefficient (Wildman–Crippen LogP) is 2.99. The molecule has 1 heterocycles. The summed E-state index contributed by atoms with van der Waals surface area (Å²) in [7, 11) is 0. The predicted molar refractivity (Wildman–Crippen MR) is 81.3 cm³/mol. The Balaban J connectivity index is 1.94. The quantitative estimate of drug-likeness (QED) is 0.930. The molecule has 0 radical (unpaired) electrons. The van der Waals surface area contributed by atoms with Gasteiger partial charge in [0.05, 0.1) is 5.41 Å². The molecule has 5 heteroatoms. The third-order valence-electron chi connectivity index (χ3n) is 4.13. The van der Waals surface area contributed by atoms with E-state index in [9.17, 15) is 14.7 Å². The van der Waals surface area contributed by atoms with Crippen LogP contribution in [0.15, 0.2) is 24.3 Å². The highest BCUT2D eigenvalue weighted by Crippen LogP contribution is 2.30. The number of nitrogens with zero attached hydrogens (tertiary/aromatic N) is 1. The molecule has 0 spiro atoms. The molecular weight excluding hydrogens is 290 g/mol. The molecule has 0 aliphatic carbocycles. The van der Waals surface area contributed by atoms with Crippen LogP contribution in [0.3, 0.4) is 0 Å². The molecule has 1 amide bonds. The van der Waals surface area contributed by atoms with Crippen molar-refractivity contribution in [3.8, 4) is 0 Å². The number of piperidine rings is 1. The molecule has 1 aromatic rings. The number of carbonyl (C=O) groups excluding carboxylic acids is 1. The van der Waals surface area contributed by atoms with Crippen LogP contribution in [0.4, 0.5) is 0 Å². The van der Waals surface area contributed by atoms with Crippen LogP contribution < -0.4 is 0 Å². The number of likely N-dealkylation sites (tertiary alicyclic amines) is 1. The number of aryl methyl sites for hydroxylation is 1. The molecule has 1 unspecified atom stereocenters. The van der Waals surface area contributed by atoms with Crippen LogP contribution in [0, 0.1) is 5.41 Å². The number of carboxylic acid groups (broad SMARTS) is 1. The van der Waals surface area contributed by atoms with Crippen molar-refractivity contribution in [2.45, 2.75) is 32.6 Å². The van der Waals surface area contributed by atoms with E-state index in [-0.39, 0.29) is 5.91 Å². The van der Waals surface area contributed by atoms with E-state index in [2.05, 4.69) is 0 Å². The molecule has 1 saturated heterocycles. The van der Waals surface area contributed by atoms with Crippen LogP contribution in [0.2, 0.25) is 5.02 Å². The lowest BCUT2D eigenvalue weighted by atomic mass is 9.82. The van der Waals surface area contributed by atoms with Crippen LogP contribution in [0.1, 0.15) is 31.7 Å². The maximum Gasteiger partial charge on any atom is 0.311 e. The van der Waals surface area contributed by atoms with Gasteiger partial charge in [-0.1, -0.05) is 29.8 Å². The molecular formula is C16H20ClNO3. The first-order valence-electron chi connectivity index (χ1n) is 7.17. The molecule has 2 rings (SSSR count). The van der Waals surface area contributed by atoms with Gasteiger partial charge in [-0.15, -0.1) is 0 Å². The van der Waals surface area contributed by atoms with E-state index in [1.165, 1.54) is 0 Å². The summed E-state index contributed by atoms with van der Waals surface area (Å²) in [6.45, 7) is 2.65. The van der Waals surface area contributed by atoms with Crippen molar-refractivity contribution in [3.05, 3.63) is 34.9 Å². The lowest BCUT2D eigenvalue weighted by Gasteiger charge is -2.37. The van der Waals surface area contributed by atoms with E-state index < -0.39 is 11.4 Å².